The van der Waals surface area contributed by atoms with Crippen molar-refractivity contribution in [1.29, 1.82) is 0 Å². The molecule has 0 spiro atoms. The van der Waals surface area contributed by atoms with E-state index in [0.717, 1.165) is 32.2 Å². The van der Waals surface area contributed by atoms with Gasteiger partial charge in [-0.2, -0.15) is 0 Å². The molecule has 1 rings (SSSR count). The van der Waals surface area contributed by atoms with Gasteiger partial charge in [-0.25, -0.2) is 0 Å². The van der Waals surface area contributed by atoms with E-state index in [1.54, 1.807) is 0 Å². The summed E-state index contributed by atoms with van der Waals surface area (Å²) >= 11 is 0. The number of ether oxygens (including phenoxy) is 1. The Bertz CT molecular complexity index is 206. The minimum Gasteiger partial charge on any atom is -0.374 e. The predicted octanol–water partition coefficient (Wildman–Crippen LogP) is 2.12. The molecule has 1 aliphatic heterocycles. The maximum Gasteiger partial charge on any atom is 0.0826 e. The van der Waals surface area contributed by atoms with Crippen LogP contribution in [-0.2, 0) is 4.74 Å². The molecule has 0 aromatic rings. The second kappa shape index (κ2) is 7.34. The molecule has 0 aliphatic carbocycles. The van der Waals surface area contributed by atoms with Gasteiger partial charge in [-0.05, 0) is 33.1 Å². The van der Waals surface area contributed by atoms with Crippen molar-refractivity contribution in [2.75, 3.05) is 26.2 Å². The van der Waals surface area contributed by atoms with Crippen molar-refractivity contribution >= 4 is 0 Å². The quantitative estimate of drug-likeness (QED) is 0.772. The van der Waals surface area contributed by atoms with Crippen LogP contribution >= 0.6 is 0 Å². The van der Waals surface area contributed by atoms with Gasteiger partial charge in [0.25, 0.3) is 0 Å². The molecule has 3 heteroatoms. The molecule has 2 atom stereocenters. The summed E-state index contributed by atoms with van der Waals surface area (Å²) in [4.78, 5) is 2.50. The highest BCUT2D eigenvalue weighted by Gasteiger charge is 2.22. The average molecular weight is 242 g/mol. The van der Waals surface area contributed by atoms with E-state index in [0.29, 0.717) is 18.2 Å². The molecule has 1 heterocycles. The summed E-state index contributed by atoms with van der Waals surface area (Å²) in [6, 6.07) is 1.22. The van der Waals surface area contributed by atoms with E-state index in [-0.39, 0.29) is 0 Å². The van der Waals surface area contributed by atoms with Crippen LogP contribution in [-0.4, -0.2) is 49.3 Å². The van der Waals surface area contributed by atoms with Crippen LogP contribution in [0.5, 0.6) is 0 Å². The van der Waals surface area contributed by atoms with E-state index in [1.807, 2.05) is 0 Å². The van der Waals surface area contributed by atoms with Gasteiger partial charge in [0.2, 0.25) is 0 Å². The Hall–Kier alpha value is -0.120. The number of morpholine rings is 1. The Balaban J connectivity index is 2.22. The van der Waals surface area contributed by atoms with E-state index in [2.05, 4.69) is 44.8 Å². The lowest BCUT2D eigenvalue weighted by Crippen LogP contribution is -2.50. The first kappa shape index (κ1) is 14.9. The minimum atomic E-state index is 0.362. The molecule has 0 radical (unpaired) electrons. The fourth-order valence-corrected chi connectivity index (χ4v) is 2.46. The molecule has 102 valence electrons. The molecule has 17 heavy (non-hydrogen) atoms. The van der Waals surface area contributed by atoms with Crippen molar-refractivity contribution in [1.82, 2.24) is 10.2 Å². The Morgan fingerprint density at radius 1 is 1.24 bits per heavy atom. The standard InChI is InChI=1S/C14H30N2O/c1-11(2)8-13(5)15-9-14-10-16(12(3)4)6-7-17-14/h11-15H,6-10H2,1-5H3. The van der Waals surface area contributed by atoms with Crippen LogP contribution in [0.15, 0.2) is 0 Å². The monoisotopic (exact) mass is 242 g/mol. The zero-order valence-electron chi connectivity index (χ0n) is 12.2. The van der Waals surface area contributed by atoms with Crippen LogP contribution in [0.4, 0.5) is 0 Å². The molecule has 1 fully saturated rings. The summed E-state index contributed by atoms with van der Waals surface area (Å²) in [5.41, 5.74) is 0. The number of hydrogen-bond acceptors (Lipinski definition) is 3. The number of hydrogen-bond donors (Lipinski definition) is 1. The molecular weight excluding hydrogens is 212 g/mol. The van der Waals surface area contributed by atoms with Crippen molar-refractivity contribution in [3.8, 4) is 0 Å². The molecule has 1 saturated heterocycles. The van der Waals surface area contributed by atoms with Crippen molar-refractivity contribution in [2.45, 2.75) is 59.2 Å². The van der Waals surface area contributed by atoms with Gasteiger partial charge in [0.15, 0.2) is 0 Å². The highest BCUT2D eigenvalue weighted by molar-refractivity contribution is 4.77. The first-order valence-corrected chi connectivity index (χ1v) is 7.08. The molecule has 3 nitrogen and oxygen atoms in total. The lowest BCUT2D eigenvalue weighted by atomic mass is 10.1. The van der Waals surface area contributed by atoms with Crippen LogP contribution in [0.25, 0.3) is 0 Å². The first-order valence-electron chi connectivity index (χ1n) is 7.08. The topological polar surface area (TPSA) is 24.5 Å². The molecule has 0 amide bonds. The van der Waals surface area contributed by atoms with Gasteiger partial charge in [0.05, 0.1) is 12.7 Å². The van der Waals surface area contributed by atoms with Crippen LogP contribution in [0.1, 0.15) is 41.0 Å². The van der Waals surface area contributed by atoms with Gasteiger partial charge in [0, 0.05) is 31.7 Å². The largest absolute Gasteiger partial charge is 0.374 e. The van der Waals surface area contributed by atoms with Gasteiger partial charge in [-0.3, -0.25) is 4.90 Å². The summed E-state index contributed by atoms with van der Waals surface area (Å²) in [5, 5.41) is 3.59. The minimum absolute atomic E-state index is 0.362. The molecule has 2 unspecified atom stereocenters. The predicted molar refractivity (Wildman–Crippen MR) is 73.4 cm³/mol. The van der Waals surface area contributed by atoms with Crippen LogP contribution in [0.2, 0.25) is 0 Å². The summed E-state index contributed by atoms with van der Waals surface area (Å²) in [5.74, 6) is 0.761. The Labute approximate surface area is 107 Å². The van der Waals surface area contributed by atoms with Crippen molar-refractivity contribution in [3.05, 3.63) is 0 Å². The third-order valence-electron chi connectivity index (χ3n) is 3.42. The molecular formula is C14H30N2O. The van der Waals surface area contributed by atoms with Gasteiger partial charge in [-0.1, -0.05) is 13.8 Å². The number of nitrogens with one attached hydrogen (secondary N) is 1. The zero-order chi connectivity index (χ0) is 12.8. The maximum atomic E-state index is 5.81. The van der Waals surface area contributed by atoms with Crippen LogP contribution in [0, 0.1) is 5.92 Å². The van der Waals surface area contributed by atoms with E-state index >= 15 is 0 Å². The first-order chi connectivity index (χ1) is 7.99. The lowest BCUT2D eigenvalue weighted by Gasteiger charge is -2.36. The number of nitrogens with zero attached hydrogens (tertiary/aromatic N) is 1. The SMILES string of the molecule is CC(C)CC(C)NCC1CN(C(C)C)CCO1. The van der Waals surface area contributed by atoms with E-state index in [4.69, 9.17) is 4.74 Å². The fraction of sp³-hybridized carbons (Fsp3) is 1.00. The summed E-state index contributed by atoms with van der Waals surface area (Å²) in [6.45, 7) is 15.3. The molecule has 0 saturated carbocycles. The number of rotatable bonds is 6. The van der Waals surface area contributed by atoms with Gasteiger partial charge >= 0.3 is 0 Å². The molecule has 0 bridgehead atoms. The Kier molecular flexibility index (Phi) is 6.45. The highest BCUT2D eigenvalue weighted by Crippen LogP contribution is 2.09. The third kappa shape index (κ3) is 5.84. The lowest BCUT2D eigenvalue weighted by molar-refractivity contribution is -0.0381. The van der Waals surface area contributed by atoms with Gasteiger partial charge in [-0.15, -0.1) is 0 Å². The van der Waals surface area contributed by atoms with Crippen molar-refractivity contribution in [2.24, 2.45) is 5.92 Å². The molecule has 1 aliphatic rings. The molecule has 0 aromatic carbocycles. The smallest absolute Gasteiger partial charge is 0.0826 e. The summed E-state index contributed by atoms with van der Waals surface area (Å²) < 4.78 is 5.81. The van der Waals surface area contributed by atoms with Crippen molar-refractivity contribution in [3.63, 3.8) is 0 Å². The van der Waals surface area contributed by atoms with Gasteiger partial charge < -0.3 is 10.1 Å². The van der Waals surface area contributed by atoms with Gasteiger partial charge in [0.1, 0.15) is 0 Å². The van der Waals surface area contributed by atoms with Crippen LogP contribution < -0.4 is 5.32 Å². The van der Waals surface area contributed by atoms with E-state index in [9.17, 15) is 0 Å². The second-order valence-electron chi connectivity index (χ2n) is 6.02. The Morgan fingerprint density at radius 3 is 2.53 bits per heavy atom. The van der Waals surface area contributed by atoms with Crippen molar-refractivity contribution < 1.29 is 4.74 Å². The molecule has 1 N–H and O–H groups in total. The molecule has 0 aromatic heterocycles. The Morgan fingerprint density at radius 2 is 1.94 bits per heavy atom. The third-order valence-corrected chi connectivity index (χ3v) is 3.42. The zero-order valence-corrected chi connectivity index (χ0v) is 12.2. The summed E-state index contributed by atoms with van der Waals surface area (Å²) in [6.07, 6.45) is 1.60. The van der Waals surface area contributed by atoms with Crippen LogP contribution in [0.3, 0.4) is 0 Å². The normalized spacial score (nSPS) is 24.5. The van der Waals surface area contributed by atoms with E-state index < -0.39 is 0 Å². The average Bonchev–Trinajstić information content (AvgIpc) is 2.26. The summed E-state index contributed by atoms with van der Waals surface area (Å²) in [7, 11) is 0. The van der Waals surface area contributed by atoms with E-state index in [1.165, 1.54) is 6.42 Å². The highest BCUT2D eigenvalue weighted by atomic mass is 16.5. The fourth-order valence-electron chi connectivity index (χ4n) is 2.46. The maximum absolute atomic E-state index is 5.81. The second-order valence-corrected chi connectivity index (χ2v) is 6.02.